The van der Waals surface area contributed by atoms with Gasteiger partial charge >= 0.3 is 6.03 Å². The van der Waals surface area contributed by atoms with Gasteiger partial charge in [0.1, 0.15) is 5.69 Å². The van der Waals surface area contributed by atoms with Crippen LogP contribution in [-0.2, 0) is 16.0 Å². The summed E-state index contributed by atoms with van der Waals surface area (Å²) in [4.78, 5) is 29.7. The van der Waals surface area contributed by atoms with Gasteiger partial charge in [-0.3, -0.25) is 14.8 Å². The molecular formula is C24H26ClN5O3. The number of amides is 2. The second-order valence-corrected chi connectivity index (χ2v) is 9.40. The number of anilines is 2. The number of aliphatic imine (C=N–C) groups is 1. The highest BCUT2D eigenvalue weighted by Crippen LogP contribution is 2.42. The van der Waals surface area contributed by atoms with Crippen LogP contribution < -0.4 is 9.80 Å². The standard InChI is InChI=1S/C24H26ClN5O3/c25-18-3-1-17(2-4-18)15-29-20-13-19(28-7-11-33-12-8-28)14-26-21(20)22-27-16-24(30(22)23(29)31)5-9-32-10-6-24/h1-4,13-14H,5-12,15-16H2. The molecule has 1 aromatic carbocycles. The molecule has 0 aliphatic carbocycles. The minimum absolute atomic E-state index is 0.0449. The van der Waals surface area contributed by atoms with Gasteiger partial charge in [-0.15, -0.1) is 0 Å². The first-order valence-corrected chi connectivity index (χ1v) is 11.8. The fourth-order valence-electron chi connectivity index (χ4n) is 5.16. The van der Waals surface area contributed by atoms with E-state index in [1.54, 1.807) is 0 Å². The first kappa shape index (κ1) is 20.9. The van der Waals surface area contributed by atoms with Crippen molar-refractivity contribution in [2.24, 2.45) is 4.99 Å². The first-order valence-electron chi connectivity index (χ1n) is 11.5. The summed E-state index contributed by atoms with van der Waals surface area (Å²) in [5, 5.41) is 0.676. The third kappa shape index (κ3) is 3.57. The predicted octanol–water partition coefficient (Wildman–Crippen LogP) is 3.32. The van der Waals surface area contributed by atoms with E-state index in [0.717, 1.165) is 48.6 Å². The lowest BCUT2D eigenvalue weighted by Gasteiger charge is -2.45. The molecule has 2 fully saturated rings. The van der Waals surface area contributed by atoms with Gasteiger partial charge in [0.2, 0.25) is 0 Å². The zero-order valence-electron chi connectivity index (χ0n) is 18.4. The van der Waals surface area contributed by atoms with Gasteiger partial charge in [-0.1, -0.05) is 23.7 Å². The van der Waals surface area contributed by atoms with Crippen LogP contribution in [0.5, 0.6) is 0 Å². The van der Waals surface area contributed by atoms with E-state index in [1.807, 2.05) is 40.3 Å². The third-order valence-corrected chi connectivity index (χ3v) is 7.29. The lowest BCUT2D eigenvalue weighted by atomic mass is 9.88. The van der Waals surface area contributed by atoms with Gasteiger partial charge in [0.15, 0.2) is 5.84 Å². The van der Waals surface area contributed by atoms with E-state index in [0.29, 0.717) is 50.4 Å². The van der Waals surface area contributed by atoms with Crippen molar-refractivity contribution in [2.45, 2.75) is 24.9 Å². The number of fused-ring (bicyclic) bond motifs is 4. The molecule has 4 aliphatic heterocycles. The van der Waals surface area contributed by atoms with Crippen LogP contribution in [0.4, 0.5) is 16.2 Å². The normalized spacial score (nSPS) is 21.8. The lowest BCUT2D eigenvalue weighted by Crippen LogP contribution is -2.61. The Hall–Kier alpha value is -2.68. The molecule has 4 aliphatic rings. The van der Waals surface area contributed by atoms with Crippen molar-refractivity contribution in [3.63, 3.8) is 0 Å². The van der Waals surface area contributed by atoms with Gasteiger partial charge in [-0.2, -0.15) is 0 Å². The summed E-state index contributed by atoms with van der Waals surface area (Å²) in [5.74, 6) is 0.692. The monoisotopic (exact) mass is 467 g/mol. The number of aromatic nitrogens is 1. The maximum absolute atomic E-state index is 14.0. The van der Waals surface area contributed by atoms with Crippen molar-refractivity contribution in [2.75, 3.05) is 55.9 Å². The molecule has 5 heterocycles. The topological polar surface area (TPSA) is 70.5 Å². The van der Waals surface area contributed by atoms with E-state index in [1.165, 1.54) is 0 Å². The number of halogens is 1. The largest absolute Gasteiger partial charge is 0.381 e. The predicted molar refractivity (Wildman–Crippen MR) is 126 cm³/mol. The molecule has 8 nitrogen and oxygen atoms in total. The fraction of sp³-hybridized carbons (Fsp3) is 0.458. The number of carbonyl (C=O) groups is 1. The van der Waals surface area contributed by atoms with E-state index in [9.17, 15) is 4.79 Å². The molecular weight excluding hydrogens is 442 g/mol. The molecule has 2 aromatic rings. The fourth-order valence-corrected chi connectivity index (χ4v) is 5.29. The van der Waals surface area contributed by atoms with Gasteiger partial charge in [-0.05, 0) is 36.6 Å². The van der Waals surface area contributed by atoms with Crippen molar-refractivity contribution in [1.29, 1.82) is 0 Å². The van der Waals surface area contributed by atoms with Crippen LogP contribution in [0.2, 0.25) is 5.02 Å². The average Bonchev–Trinajstić information content (AvgIpc) is 3.22. The highest BCUT2D eigenvalue weighted by Gasteiger charge is 2.52. The van der Waals surface area contributed by atoms with Crippen LogP contribution in [0, 0.1) is 0 Å². The van der Waals surface area contributed by atoms with Crippen LogP contribution in [0.15, 0.2) is 41.5 Å². The number of urea groups is 1. The van der Waals surface area contributed by atoms with Gasteiger partial charge in [0.05, 0.1) is 49.4 Å². The molecule has 9 heteroatoms. The Morgan fingerprint density at radius 3 is 2.52 bits per heavy atom. The van der Waals surface area contributed by atoms with Crippen molar-refractivity contribution in [3.05, 3.63) is 52.8 Å². The van der Waals surface area contributed by atoms with Crippen LogP contribution in [0.25, 0.3) is 0 Å². The van der Waals surface area contributed by atoms with Crippen molar-refractivity contribution in [3.8, 4) is 0 Å². The number of rotatable bonds is 3. The molecule has 0 N–H and O–H groups in total. The van der Waals surface area contributed by atoms with Gasteiger partial charge in [0, 0.05) is 31.3 Å². The van der Waals surface area contributed by atoms with Crippen molar-refractivity contribution in [1.82, 2.24) is 9.88 Å². The Morgan fingerprint density at radius 2 is 1.76 bits per heavy atom. The minimum Gasteiger partial charge on any atom is -0.381 e. The Balaban J connectivity index is 1.43. The number of morpholine rings is 1. The third-order valence-electron chi connectivity index (χ3n) is 7.04. The van der Waals surface area contributed by atoms with E-state index >= 15 is 0 Å². The Bertz CT molecular complexity index is 1090. The number of hydrogen-bond donors (Lipinski definition) is 0. The number of ether oxygens (including phenoxy) is 2. The second-order valence-electron chi connectivity index (χ2n) is 8.97. The summed E-state index contributed by atoms with van der Waals surface area (Å²) in [7, 11) is 0. The summed E-state index contributed by atoms with van der Waals surface area (Å²) in [5.41, 5.74) is 3.25. The average molecular weight is 468 g/mol. The molecule has 0 atom stereocenters. The molecule has 0 unspecified atom stereocenters. The van der Waals surface area contributed by atoms with Crippen molar-refractivity contribution >= 4 is 34.8 Å². The first-order chi connectivity index (χ1) is 16.1. The summed E-state index contributed by atoms with van der Waals surface area (Å²) < 4.78 is 11.1. The molecule has 1 spiro atoms. The molecule has 6 rings (SSSR count). The molecule has 1 aromatic heterocycles. The van der Waals surface area contributed by atoms with Gasteiger partial charge in [-0.25, -0.2) is 9.78 Å². The van der Waals surface area contributed by atoms with Gasteiger partial charge < -0.3 is 14.4 Å². The Labute approximate surface area is 197 Å². The SMILES string of the molecule is O=C1N(Cc2ccc(Cl)cc2)c2cc(N3CCOCC3)cnc2C2=NCC3(CCOCC3)N12. The molecule has 2 saturated heterocycles. The number of carbonyl (C=O) groups excluding carboxylic acids is 1. The number of pyridine rings is 1. The summed E-state index contributed by atoms with van der Waals surface area (Å²) in [6.45, 7) is 5.31. The van der Waals surface area contributed by atoms with E-state index in [-0.39, 0.29) is 11.6 Å². The number of hydrogen-bond acceptors (Lipinski definition) is 6. The molecule has 0 saturated carbocycles. The lowest BCUT2D eigenvalue weighted by molar-refractivity contribution is 0.0227. The van der Waals surface area contributed by atoms with Crippen LogP contribution in [0.3, 0.4) is 0 Å². The van der Waals surface area contributed by atoms with Crippen LogP contribution in [0.1, 0.15) is 24.1 Å². The highest BCUT2D eigenvalue weighted by molar-refractivity contribution is 6.30. The highest BCUT2D eigenvalue weighted by atomic mass is 35.5. The molecule has 2 amide bonds. The Morgan fingerprint density at radius 1 is 1.03 bits per heavy atom. The zero-order valence-corrected chi connectivity index (χ0v) is 19.1. The number of amidine groups is 1. The minimum atomic E-state index is -0.328. The second kappa shape index (κ2) is 8.27. The summed E-state index contributed by atoms with van der Waals surface area (Å²) in [6, 6.07) is 9.68. The van der Waals surface area contributed by atoms with Crippen LogP contribution >= 0.6 is 11.6 Å². The Kier molecular flexibility index (Phi) is 5.24. The zero-order chi connectivity index (χ0) is 22.4. The molecule has 33 heavy (non-hydrogen) atoms. The quantitative estimate of drug-likeness (QED) is 0.692. The maximum Gasteiger partial charge on any atom is 0.331 e. The summed E-state index contributed by atoms with van der Waals surface area (Å²) in [6.07, 6.45) is 3.46. The van der Waals surface area contributed by atoms with Gasteiger partial charge in [0.25, 0.3) is 0 Å². The van der Waals surface area contributed by atoms with Crippen molar-refractivity contribution < 1.29 is 14.3 Å². The van der Waals surface area contributed by atoms with E-state index in [2.05, 4.69) is 11.0 Å². The summed E-state index contributed by atoms with van der Waals surface area (Å²) >= 11 is 6.10. The molecule has 0 bridgehead atoms. The number of nitrogens with zero attached hydrogens (tertiary/aromatic N) is 5. The van der Waals surface area contributed by atoms with E-state index < -0.39 is 0 Å². The van der Waals surface area contributed by atoms with Crippen LogP contribution in [-0.4, -0.2) is 73.4 Å². The molecule has 0 radical (unpaired) electrons. The molecule has 172 valence electrons. The number of benzene rings is 1. The maximum atomic E-state index is 14.0. The van der Waals surface area contributed by atoms with E-state index in [4.69, 9.17) is 31.1 Å². The smallest absolute Gasteiger partial charge is 0.331 e.